The van der Waals surface area contributed by atoms with Gasteiger partial charge in [-0.2, -0.15) is 0 Å². The fourth-order valence-electron chi connectivity index (χ4n) is 1.99. The Balaban J connectivity index is 2.18. The first kappa shape index (κ1) is 14.6. The summed E-state index contributed by atoms with van der Waals surface area (Å²) in [6.45, 7) is 1.27. The fourth-order valence-corrected chi connectivity index (χ4v) is 2.34. The number of halogens is 1. The molecule has 1 amide bonds. The van der Waals surface area contributed by atoms with Gasteiger partial charge in [-0.15, -0.1) is 0 Å². The number of carbonyl (C=O) groups excluding carboxylic acids is 1. The highest BCUT2D eigenvalue weighted by molar-refractivity contribution is 9.10. The molecule has 0 unspecified atom stereocenters. The summed E-state index contributed by atoms with van der Waals surface area (Å²) in [5.74, 6) is -0.348. The number of anilines is 1. The van der Waals surface area contributed by atoms with Crippen molar-refractivity contribution in [3.63, 3.8) is 0 Å². The lowest BCUT2D eigenvalue weighted by molar-refractivity contribution is -0.117. The van der Waals surface area contributed by atoms with Gasteiger partial charge in [-0.1, -0.05) is 64.5 Å². The molecule has 0 saturated carbocycles. The minimum Gasteiger partial charge on any atom is -0.369 e. The lowest BCUT2D eigenvalue weighted by Crippen LogP contribution is -2.36. The van der Waals surface area contributed by atoms with E-state index < -0.39 is 0 Å². The maximum absolute atomic E-state index is 11.3. The Labute approximate surface area is 127 Å². The summed E-state index contributed by atoms with van der Waals surface area (Å²) in [6.07, 6.45) is 0. The second kappa shape index (κ2) is 7.10. The quantitative estimate of drug-likeness (QED) is 0.826. The van der Waals surface area contributed by atoms with E-state index in [1.165, 1.54) is 5.56 Å². The maximum Gasteiger partial charge on any atom is 0.233 e. The van der Waals surface area contributed by atoms with Crippen molar-refractivity contribution in [3.05, 3.63) is 66.2 Å². The maximum atomic E-state index is 11.3. The van der Waals surface area contributed by atoms with E-state index in [0.29, 0.717) is 6.54 Å². The van der Waals surface area contributed by atoms with E-state index >= 15 is 0 Å². The van der Waals surface area contributed by atoms with E-state index in [2.05, 4.69) is 33.0 Å². The van der Waals surface area contributed by atoms with Crippen LogP contribution in [-0.2, 0) is 11.3 Å². The van der Waals surface area contributed by atoms with Crippen LogP contribution in [0.1, 0.15) is 5.56 Å². The molecule has 0 radical (unpaired) electrons. The number of nitrogens with zero attached hydrogens (tertiary/aromatic N) is 1. The molecular weight excluding hydrogens is 316 g/mol. The van der Waals surface area contributed by atoms with Gasteiger partial charge in [0.25, 0.3) is 0 Å². The first-order valence-electron chi connectivity index (χ1n) is 6.44. The summed E-state index contributed by atoms with van der Waals surface area (Å²) in [4.78, 5) is 13.0. The summed E-state index contributed by atoms with van der Waals surface area (Å²) in [5.41, 5.74) is 7.61. The number of alkyl halides is 1. The fraction of sp³-hybridized carbons (Fsp3) is 0.188. The molecule has 0 bridgehead atoms. The third-order valence-electron chi connectivity index (χ3n) is 3.03. The largest absolute Gasteiger partial charge is 0.369 e. The predicted octanol–water partition coefficient (Wildman–Crippen LogP) is 2.94. The van der Waals surface area contributed by atoms with Gasteiger partial charge in [0.2, 0.25) is 5.91 Å². The van der Waals surface area contributed by atoms with Crippen molar-refractivity contribution in [2.45, 2.75) is 11.4 Å². The number of nitrogens with two attached hydrogens (primary N) is 1. The topological polar surface area (TPSA) is 46.3 Å². The zero-order valence-corrected chi connectivity index (χ0v) is 12.7. The number of benzene rings is 2. The van der Waals surface area contributed by atoms with Gasteiger partial charge >= 0.3 is 0 Å². The molecule has 104 valence electrons. The summed E-state index contributed by atoms with van der Waals surface area (Å²) in [6, 6.07) is 20.2. The van der Waals surface area contributed by atoms with Crippen LogP contribution in [-0.4, -0.2) is 17.3 Å². The van der Waals surface area contributed by atoms with Gasteiger partial charge in [0, 0.05) is 18.8 Å². The van der Waals surface area contributed by atoms with Crippen molar-refractivity contribution in [3.8, 4) is 0 Å². The molecule has 0 spiro atoms. The van der Waals surface area contributed by atoms with Crippen molar-refractivity contribution in [1.29, 1.82) is 0 Å². The first-order valence-corrected chi connectivity index (χ1v) is 7.35. The zero-order chi connectivity index (χ0) is 14.4. The van der Waals surface area contributed by atoms with Crippen molar-refractivity contribution in [2.75, 3.05) is 11.4 Å². The van der Waals surface area contributed by atoms with Gasteiger partial charge in [-0.25, -0.2) is 0 Å². The Morgan fingerprint density at radius 1 is 1.05 bits per heavy atom. The van der Waals surface area contributed by atoms with Crippen molar-refractivity contribution >= 4 is 27.5 Å². The molecule has 3 nitrogen and oxygen atoms in total. The number of para-hydroxylation sites is 1. The Hall–Kier alpha value is -1.81. The monoisotopic (exact) mass is 332 g/mol. The van der Waals surface area contributed by atoms with Crippen LogP contribution >= 0.6 is 15.9 Å². The molecule has 1 atom stereocenters. The molecular formula is C16H17BrN2O. The number of carbonyl (C=O) groups is 1. The van der Waals surface area contributed by atoms with Crippen LogP contribution < -0.4 is 10.6 Å². The van der Waals surface area contributed by atoms with Crippen LogP contribution in [0.25, 0.3) is 0 Å². The van der Waals surface area contributed by atoms with Gasteiger partial charge in [-0.3, -0.25) is 4.79 Å². The van der Waals surface area contributed by atoms with Crippen LogP contribution in [0.15, 0.2) is 60.7 Å². The third kappa shape index (κ3) is 4.10. The highest BCUT2D eigenvalue weighted by Gasteiger charge is 2.16. The molecule has 0 aliphatic rings. The van der Waals surface area contributed by atoms with E-state index in [1.807, 2.05) is 48.5 Å². The van der Waals surface area contributed by atoms with Crippen LogP contribution in [0.4, 0.5) is 5.69 Å². The van der Waals surface area contributed by atoms with Crippen LogP contribution in [0, 0.1) is 0 Å². The van der Waals surface area contributed by atoms with Gasteiger partial charge in [0.15, 0.2) is 0 Å². The van der Waals surface area contributed by atoms with Gasteiger partial charge in [0.05, 0.1) is 0 Å². The molecule has 4 heteroatoms. The highest BCUT2D eigenvalue weighted by atomic mass is 79.9. The normalized spacial score (nSPS) is 11.8. The molecule has 0 aromatic heterocycles. The smallest absolute Gasteiger partial charge is 0.233 e. The summed E-state index contributed by atoms with van der Waals surface area (Å²) in [5, 5.41) is 0. The minimum atomic E-state index is -0.369. The van der Waals surface area contributed by atoms with Gasteiger partial charge in [0.1, 0.15) is 4.83 Å². The lowest BCUT2D eigenvalue weighted by Gasteiger charge is -2.26. The van der Waals surface area contributed by atoms with E-state index in [0.717, 1.165) is 12.2 Å². The molecule has 2 rings (SSSR count). The minimum absolute atomic E-state index is 0.348. The van der Waals surface area contributed by atoms with Gasteiger partial charge in [-0.05, 0) is 17.7 Å². The summed E-state index contributed by atoms with van der Waals surface area (Å²) < 4.78 is 0. The summed E-state index contributed by atoms with van der Waals surface area (Å²) >= 11 is 3.34. The highest BCUT2D eigenvalue weighted by Crippen LogP contribution is 2.18. The SMILES string of the molecule is NC(=O)[C@H](Br)CN(Cc1ccccc1)c1ccccc1. The van der Waals surface area contributed by atoms with E-state index in [9.17, 15) is 4.79 Å². The Morgan fingerprint density at radius 3 is 2.15 bits per heavy atom. The molecule has 2 aromatic carbocycles. The third-order valence-corrected chi connectivity index (χ3v) is 3.77. The predicted molar refractivity (Wildman–Crippen MR) is 85.8 cm³/mol. The molecule has 20 heavy (non-hydrogen) atoms. The molecule has 0 saturated heterocycles. The molecule has 0 aliphatic carbocycles. The summed E-state index contributed by atoms with van der Waals surface area (Å²) in [7, 11) is 0. The lowest BCUT2D eigenvalue weighted by atomic mass is 10.2. The second-order valence-electron chi connectivity index (χ2n) is 4.57. The molecule has 0 heterocycles. The first-order chi connectivity index (χ1) is 9.66. The van der Waals surface area contributed by atoms with Crippen LogP contribution in [0.2, 0.25) is 0 Å². The second-order valence-corrected chi connectivity index (χ2v) is 5.68. The molecule has 0 fully saturated rings. The average Bonchev–Trinajstić information content (AvgIpc) is 2.48. The van der Waals surface area contributed by atoms with Crippen LogP contribution in [0.5, 0.6) is 0 Å². The van der Waals surface area contributed by atoms with Crippen LogP contribution in [0.3, 0.4) is 0 Å². The average molecular weight is 333 g/mol. The van der Waals surface area contributed by atoms with Crippen molar-refractivity contribution in [2.24, 2.45) is 5.73 Å². The number of amides is 1. The number of primary amides is 1. The van der Waals surface area contributed by atoms with Crippen molar-refractivity contribution in [1.82, 2.24) is 0 Å². The standard InChI is InChI=1S/C16H17BrN2O/c17-15(16(18)20)12-19(14-9-5-2-6-10-14)11-13-7-3-1-4-8-13/h1-10,15H,11-12H2,(H2,18,20)/t15-/m1/s1. The number of hydrogen-bond donors (Lipinski definition) is 1. The van der Waals surface area contributed by atoms with E-state index in [-0.39, 0.29) is 10.7 Å². The Bertz CT molecular complexity index is 545. The molecule has 2 N–H and O–H groups in total. The zero-order valence-electron chi connectivity index (χ0n) is 11.1. The van der Waals surface area contributed by atoms with E-state index in [1.54, 1.807) is 0 Å². The Kier molecular flexibility index (Phi) is 5.18. The molecule has 2 aromatic rings. The van der Waals surface area contributed by atoms with Gasteiger partial charge < -0.3 is 10.6 Å². The number of rotatable bonds is 6. The van der Waals surface area contributed by atoms with Crippen molar-refractivity contribution < 1.29 is 4.79 Å². The number of hydrogen-bond acceptors (Lipinski definition) is 2. The van der Waals surface area contributed by atoms with E-state index in [4.69, 9.17) is 5.73 Å². The Morgan fingerprint density at radius 2 is 1.60 bits per heavy atom. The molecule has 0 aliphatic heterocycles.